The van der Waals surface area contributed by atoms with Crippen LogP contribution in [0.4, 0.5) is 4.39 Å². The van der Waals surface area contributed by atoms with Gasteiger partial charge >= 0.3 is 0 Å². The summed E-state index contributed by atoms with van der Waals surface area (Å²) in [6.07, 6.45) is 3.02. The molecule has 18 heavy (non-hydrogen) atoms. The summed E-state index contributed by atoms with van der Waals surface area (Å²) >= 11 is 0. The predicted molar refractivity (Wildman–Crippen MR) is 68.4 cm³/mol. The van der Waals surface area contributed by atoms with Gasteiger partial charge in [0.05, 0.1) is 19.3 Å². The lowest BCUT2D eigenvalue weighted by atomic mass is 10.0. The number of methoxy groups -OCH3 is 2. The summed E-state index contributed by atoms with van der Waals surface area (Å²) in [4.78, 5) is 0. The van der Waals surface area contributed by atoms with Crippen LogP contribution in [0.2, 0.25) is 0 Å². The first-order valence-corrected chi connectivity index (χ1v) is 6.32. The van der Waals surface area contributed by atoms with E-state index in [1.807, 2.05) is 12.1 Å². The van der Waals surface area contributed by atoms with Crippen LogP contribution >= 0.6 is 0 Å². The molecule has 1 aliphatic rings. The van der Waals surface area contributed by atoms with Gasteiger partial charge < -0.3 is 14.8 Å². The van der Waals surface area contributed by atoms with E-state index in [2.05, 4.69) is 5.32 Å². The molecule has 0 aliphatic carbocycles. The molecule has 1 fully saturated rings. The maximum atomic E-state index is 14.4. The fourth-order valence-corrected chi connectivity index (χ4v) is 2.48. The van der Waals surface area contributed by atoms with E-state index in [-0.39, 0.29) is 12.4 Å². The predicted octanol–water partition coefficient (Wildman–Crippen LogP) is 2.28. The van der Waals surface area contributed by atoms with Gasteiger partial charge in [0.1, 0.15) is 11.6 Å². The zero-order valence-electron chi connectivity index (χ0n) is 11.0. The molecule has 4 heteroatoms. The molecule has 1 heterocycles. The Bertz CT molecular complexity index is 403. The van der Waals surface area contributed by atoms with Gasteiger partial charge in [-0.3, -0.25) is 0 Å². The number of rotatable bonds is 5. The third-order valence-corrected chi connectivity index (χ3v) is 3.42. The molecule has 1 atom stereocenters. The van der Waals surface area contributed by atoms with Gasteiger partial charge in [-0.1, -0.05) is 6.07 Å². The lowest BCUT2D eigenvalue weighted by Crippen LogP contribution is -2.24. The number of nitrogens with one attached hydrogen (secondary N) is 1. The fraction of sp³-hybridized carbons (Fsp3) is 0.571. The molecule has 1 N–H and O–H groups in total. The molecule has 1 aromatic carbocycles. The highest BCUT2D eigenvalue weighted by Crippen LogP contribution is 2.26. The van der Waals surface area contributed by atoms with Gasteiger partial charge in [0.15, 0.2) is 0 Å². The summed E-state index contributed by atoms with van der Waals surface area (Å²) in [5.41, 5.74) is 1.25. The van der Waals surface area contributed by atoms with Crippen molar-refractivity contribution in [3.8, 4) is 5.75 Å². The molecule has 1 aromatic rings. The van der Waals surface area contributed by atoms with E-state index >= 15 is 0 Å². The summed E-state index contributed by atoms with van der Waals surface area (Å²) < 4.78 is 24.6. The van der Waals surface area contributed by atoms with E-state index in [9.17, 15) is 4.39 Å². The third kappa shape index (κ3) is 2.82. The molecule has 0 saturated carbocycles. The minimum absolute atomic E-state index is 0.190. The summed E-state index contributed by atoms with van der Waals surface area (Å²) in [6.45, 7) is 1.27. The first-order chi connectivity index (χ1) is 8.76. The van der Waals surface area contributed by atoms with Gasteiger partial charge in [0, 0.05) is 13.2 Å². The van der Waals surface area contributed by atoms with Gasteiger partial charge in [-0.2, -0.15) is 0 Å². The maximum absolute atomic E-state index is 14.4. The molecule has 0 spiro atoms. The van der Waals surface area contributed by atoms with Crippen LogP contribution in [0.25, 0.3) is 0 Å². The molecule has 0 aromatic heterocycles. The first-order valence-electron chi connectivity index (χ1n) is 6.32. The molecule has 1 aliphatic heterocycles. The van der Waals surface area contributed by atoms with Crippen molar-refractivity contribution in [3.05, 3.63) is 29.1 Å². The zero-order chi connectivity index (χ0) is 13.0. The minimum Gasteiger partial charge on any atom is -0.496 e. The van der Waals surface area contributed by atoms with Crippen molar-refractivity contribution < 1.29 is 13.9 Å². The van der Waals surface area contributed by atoms with Crippen LogP contribution in [0.3, 0.4) is 0 Å². The molecule has 0 radical (unpaired) electrons. The normalized spacial score (nSPS) is 19.2. The summed E-state index contributed by atoms with van der Waals surface area (Å²) in [5, 5.41) is 3.38. The quantitative estimate of drug-likeness (QED) is 0.873. The van der Waals surface area contributed by atoms with E-state index in [1.165, 1.54) is 6.42 Å². The zero-order valence-corrected chi connectivity index (χ0v) is 11.0. The molecule has 0 bridgehead atoms. The van der Waals surface area contributed by atoms with E-state index in [4.69, 9.17) is 9.47 Å². The lowest BCUT2D eigenvalue weighted by Gasteiger charge is -2.15. The molecule has 0 amide bonds. The molecule has 2 rings (SSSR count). The summed E-state index contributed by atoms with van der Waals surface area (Å²) in [6, 6.07) is 4.03. The van der Waals surface area contributed by atoms with Crippen LogP contribution < -0.4 is 10.1 Å². The average molecular weight is 253 g/mol. The molecule has 100 valence electrons. The van der Waals surface area contributed by atoms with Crippen molar-refractivity contribution in [1.82, 2.24) is 5.32 Å². The molecule has 1 unspecified atom stereocenters. The Balaban J connectivity index is 2.22. The van der Waals surface area contributed by atoms with E-state index < -0.39 is 0 Å². The Morgan fingerprint density at radius 3 is 2.83 bits per heavy atom. The SMILES string of the molecule is COCc1c(OC)ccc(CC2CCCN2)c1F. The second-order valence-corrected chi connectivity index (χ2v) is 4.65. The number of halogens is 1. The molecular formula is C14H20FNO2. The second-order valence-electron chi connectivity index (χ2n) is 4.65. The van der Waals surface area contributed by atoms with Crippen LogP contribution in [-0.2, 0) is 17.8 Å². The van der Waals surface area contributed by atoms with Crippen molar-refractivity contribution in [2.45, 2.75) is 31.9 Å². The maximum Gasteiger partial charge on any atom is 0.135 e. The van der Waals surface area contributed by atoms with Crippen LogP contribution in [0.5, 0.6) is 5.75 Å². The van der Waals surface area contributed by atoms with E-state index in [0.29, 0.717) is 17.4 Å². The van der Waals surface area contributed by atoms with Crippen molar-refractivity contribution >= 4 is 0 Å². The second kappa shape index (κ2) is 6.16. The van der Waals surface area contributed by atoms with Crippen molar-refractivity contribution in [2.24, 2.45) is 0 Å². The highest BCUT2D eigenvalue weighted by atomic mass is 19.1. The first kappa shape index (κ1) is 13.3. The Labute approximate surface area is 107 Å². The summed E-state index contributed by atoms with van der Waals surface area (Å²) in [7, 11) is 3.11. The number of ether oxygens (including phenoxy) is 2. The third-order valence-electron chi connectivity index (χ3n) is 3.42. The van der Waals surface area contributed by atoms with Crippen molar-refractivity contribution in [2.75, 3.05) is 20.8 Å². The number of hydrogen-bond donors (Lipinski definition) is 1. The highest BCUT2D eigenvalue weighted by Gasteiger charge is 2.19. The van der Waals surface area contributed by atoms with Crippen LogP contribution in [0.15, 0.2) is 12.1 Å². The van der Waals surface area contributed by atoms with E-state index in [1.54, 1.807) is 14.2 Å². The Kier molecular flexibility index (Phi) is 4.55. The van der Waals surface area contributed by atoms with Gasteiger partial charge in [-0.15, -0.1) is 0 Å². The van der Waals surface area contributed by atoms with Gasteiger partial charge in [-0.25, -0.2) is 4.39 Å². The Morgan fingerprint density at radius 2 is 2.22 bits per heavy atom. The Morgan fingerprint density at radius 1 is 1.39 bits per heavy atom. The van der Waals surface area contributed by atoms with E-state index in [0.717, 1.165) is 24.9 Å². The lowest BCUT2D eigenvalue weighted by molar-refractivity contribution is 0.177. The summed E-state index contributed by atoms with van der Waals surface area (Å²) in [5.74, 6) is 0.363. The van der Waals surface area contributed by atoms with Crippen molar-refractivity contribution in [3.63, 3.8) is 0 Å². The Hall–Kier alpha value is -1.13. The molecule has 3 nitrogen and oxygen atoms in total. The monoisotopic (exact) mass is 253 g/mol. The largest absolute Gasteiger partial charge is 0.496 e. The van der Waals surface area contributed by atoms with Crippen LogP contribution in [-0.4, -0.2) is 26.8 Å². The van der Waals surface area contributed by atoms with Crippen LogP contribution in [0, 0.1) is 5.82 Å². The molecular weight excluding hydrogens is 233 g/mol. The van der Waals surface area contributed by atoms with Crippen molar-refractivity contribution in [1.29, 1.82) is 0 Å². The minimum atomic E-state index is -0.190. The smallest absolute Gasteiger partial charge is 0.135 e. The van der Waals surface area contributed by atoms with Gasteiger partial charge in [0.25, 0.3) is 0 Å². The standard InChI is InChI=1S/C14H20FNO2/c1-17-9-12-13(18-2)6-5-10(14(12)15)8-11-4-3-7-16-11/h5-6,11,16H,3-4,7-9H2,1-2H3. The average Bonchev–Trinajstić information content (AvgIpc) is 2.87. The fourth-order valence-electron chi connectivity index (χ4n) is 2.48. The van der Waals surface area contributed by atoms with Crippen LogP contribution in [0.1, 0.15) is 24.0 Å². The highest BCUT2D eigenvalue weighted by molar-refractivity contribution is 5.39. The van der Waals surface area contributed by atoms with Gasteiger partial charge in [0.2, 0.25) is 0 Å². The number of hydrogen-bond acceptors (Lipinski definition) is 3. The molecule has 1 saturated heterocycles. The van der Waals surface area contributed by atoms with Gasteiger partial charge in [-0.05, 0) is 37.4 Å². The topological polar surface area (TPSA) is 30.5 Å². The number of benzene rings is 1.